The zero-order valence-electron chi connectivity index (χ0n) is 13.0. The normalized spacial score (nSPS) is 16.5. The average Bonchev–Trinajstić information content (AvgIpc) is 3.01. The van der Waals surface area contributed by atoms with Gasteiger partial charge < -0.3 is 9.32 Å². The fraction of sp³-hybridized carbons (Fsp3) is 0.125. The van der Waals surface area contributed by atoms with E-state index in [4.69, 9.17) is 4.42 Å². The third kappa shape index (κ3) is 2.76. The highest BCUT2D eigenvalue weighted by Crippen LogP contribution is 2.23. The number of carbonyl (C=O) groups excluding carboxylic acids is 3. The molecule has 0 bridgehead atoms. The molecule has 1 fully saturated rings. The van der Waals surface area contributed by atoms with Crippen molar-refractivity contribution in [2.45, 2.75) is 0 Å². The molecule has 122 valence electrons. The van der Waals surface area contributed by atoms with Crippen LogP contribution in [0.5, 0.6) is 0 Å². The minimum atomic E-state index is -0.816. The molecule has 24 heavy (non-hydrogen) atoms. The second-order valence-electron chi connectivity index (χ2n) is 5.24. The average molecular weight is 326 g/mol. The van der Waals surface area contributed by atoms with Crippen molar-refractivity contribution in [3.8, 4) is 0 Å². The van der Waals surface area contributed by atoms with Gasteiger partial charge in [0.25, 0.3) is 11.8 Å². The lowest BCUT2D eigenvalue weighted by Crippen LogP contribution is -2.54. The van der Waals surface area contributed by atoms with Gasteiger partial charge in [-0.25, -0.2) is 9.69 Å². The van der Waals surface area contributed by atoms with E-state index in [0.717, 1.165) is 4.90 Å². The van der Waals surface area contributed by atoms with Gasteiger partial charge in [0.05, 0.1) is 11.9 Å². The molecule has 1 aliphatic heterocycles. The van der Waals surface area contributed by atoms with E-state index in [1.165, 1.54) is 18.5 Å². The lowest BCUT2D eigenvalue weighted by atomic mass is 10.1. The molecule has 8 heteroatoms. The minimum Gasteiger partial charge on any atom is -0.441 e. The van der Waals surface area contributed by atoms with Crippen LogP contribution in [0.1, 0.15) is 5.76 Å². The molecule has 8 nitrogen and oxygen atoms in total. The smallest absolute Gasteiger partial charge is 0.336 e. The fourth-order valence-corrected chi connectivity index (χ4v) is 2.18. The number of amides is 4. The number of hydrogen-bond acceptors (Lipinski definition) is 6. The van der Waals surface area contributed by atoms with Gasteiger partial charge in [-0.15, -0.1) is 0 Å². The molecule has 1 saturated heterocycles. The number of nitrogens with zero attached hydrogens (tertiary/aromatic N) is 3. The van der Waals surface area contributed by atoms with Crippen molar-refractivity contribution >= 4 is 35.5 Å². The predicted molar refractivity (Wildman–Crippen MR) is 86.3 cm³/mol. The Kier molecular flexibility index (Phi) is 3.87. The maximum absolute atomic E-state index is 12.6. The highest BCUT2D eigenvalue weighted by molar-refractivity contribution is 6.39. The van der Waals surface area contributed by atoms with Gasteiger partial charge in [0.2, 0.25) is 0 Å². The number of nitrogens with one attached hydrogen (secondary N) is 1. The molecule has 0 saturated carbocycles. The molecule has 2 aromatic rings. The lowest BCUT2D eigenvalue weighted by molar-refractivity contribution is -0.122. The second kappa shape index (κ2) is 5.99. The molecule has 3 rings (SSSR count). The topological polar surface area (TPSA) is 95.8 Å². The third-order valence-corrected chi connectivity index (χ3v) is 3.35. The molecule has 0 spiro atoms. The van der Waals surface area contributed by atoms with Gasteiger partial charge in [-0.2, -0.15) is 0 Å². The van der Waals surface area contributed by atoms with Crippen molar-refractivity contribution in [1.82, 2.24) is 10.3 Å². The zero-order chi connectivity index (χ0) is 17.3. The number of furan rings is 1. The van der Waals surface area contributed by atoms with E-state index in [1.807, 2.05) is 0 Å². The van der Waals surface area contributed by atoms with E-state index in [-0.39, 0.29) is 11.3 Å². The SMILES string of the molecule is CN(C)c1ccc(/C=C2\C(=O)NC(=O)N(c3cccnc3)C2=O)o1. The number of anilines is 2. The Balaban J connectivity index is 1.97. The summed E-state index contributed by atoms with van der Waals surface area (Å²) in [4.78, 5) is 43.1. The van der Waals surface area contributed by atoms with Crippen LogP contribution in [0.3, 0.4) is 0 Å². The van der Waals surface area contributed by atoms with E-state index < -0.39 is 17.8 Å². The molecule has 3 heterocycles. The standard InChI is InChI=1S/C16H14N4O4/c1-19(2)13-6-5-11(24-13)8-12-14(21)18-16(23)20(15(12)22)10-4-3-7-17-9-10/h3-9H,1-2H3,(H,18,21,23)/b12-8+. The van der Waals surface area contributed by atoms with Crippen molar-refractivity contribution in [3.05, 3.63) is 48.0 Å². The van der Waals surface area contributed by atoms with Crippen LogP contribution in [0.15, 0.2) is 46.6 Å². The van der Waals surface area contributed by atoms with Crippen LogP contribution in [-0.2, 0) is 9.59 Å². The number of imide groups is 2. The predicted octanol–water partition coefficient (Wildman–Crippen LogP) is 1.41. The van der Waals surface area contributed by atoms with Gasteiger partial charge in [0.15, 0.2) is 5.88 Å². The van der Waals surface area contributed by atoms with Crippen LogP contribution in [0.25, 0.3) is 6.08 Å². The Bertz CT molecular complexity index is 839. The first-order chi connectivity index (χ1) is 11.5. The van der Waals surface area contributed by atoms with Gasteiger partial charge in [-0.05, 0) is 24.3 Å². The minimum absolute atomic E-state index is 0.196. The molecule has 0 unspecified atom stereocenters. The van der Waals surface area contributed by atoms with Gasteiger partial charge >= 0.3 is 6.03 Å². The maximum atomic E-state index is 12.6. The monoisotopic (exact) mass is 326 g/mol. The summed E-state index contributed by atoms with van der Waals surface area (Å²) in [6, 6.07) is 5.67. The van der Waals surface area contributed by atoms with Crippen molar-refractivity contribution in [1.29, 1.82) is 0 Å². The van der Waals surface area contributed by atoms with Gasteiger partial charge in [-0.3, -0.25) is 19.9 Å². The molecule has 0 radical (unpaired) electrons. The van der Waals surface area contributed by atoms with Crippen LogP contribution in [-0.4, -0.2) is 36.9 Å². The Hall–Kier alpha value is -3.42. The first-order valence-corrected chi connectivity index (χ1v) is 7.06. The summed E-state index contributed by atoms with van der Waals surface area (Å²) < 4.78 is 5.51. The quantitative estimate of drug-likeness (QED) is 0.677. The van der Waals surface area contributed by atoms with Crippen LogP contribution in [0, 0.1) is 0 Å². The number of urea groups is 1. The van der Waals surface area contributed by atoms with Gasteiger partial charge in [-0.1, -0.05) is 0 Å². The van der Waals surface area contributed by atoms with E-state index in [1.54, 1.807) is 43.3 Å². The summed E-state index contributed by atoms with van der Waals surface area (Å²) in [6.45, 7) is 0. The zero-order valence-corrected chi connectivity index (χ0v) is 13.0. The van der Waals surface area contributed by atoms with E-state index in [2.05, 4.69) is 10.3 Å². The highest BCUT2D eigenvalue weighted by atomic mass is 16.4. The van der Waals surface area contributed by atoms with E-state index in [0.29, 0.717) is 11.6 Å². The third-order valence-electron chi connectivity index (χ3n) is 3.35. The lowest BCUT2D eigenvalue weighted by Gasteiger charge is -2.25. The van der Waals surface area contributed by atoms with Crippen molar-refractivity contribution in [2.75, 3.05) is 23.9 Å². The first kappa shape index (κ1) is 15.5. The first-order valence-electron chi connectivity index (χ1n) is 7.06. The molecule has 0 aliphatic carbocycles. The molecule has 0 aromatic carbocycles. The van der Waals surface area contributed by atoms with Crippen LogP contribution < -0.4 is 15.1 Å². The molecular weight excluding hydrogens is 312 g/mol. The summed E-state index contributed by atoms with van der Waals surface area (Å²) in [5.74, 6) is -0.601. The van der Waals surface area contributed by atoms with Crippen molar-refractivity contribution in [3.63, 3.8) is 0 Å². The number of aromatic nitrogens is 1. The largest absolute Gasteiger partial charge is 0.441 e. The van der Waals surface area contributed by atoms with E-state index in [9.17, 15) is 14.4 Å². The number of carbonyl (C=O) groups is 3. The van der Waals surface area contributed by atoms with Crippen molar-refractivity contribution in [2.24, 2.45) is 0 Å². The Labute approximate surface area is 137 Å². The highest BCUT2D eigenvalue weighted by Gasteiger charge is 2.37. The van der Waals surface area contributed by atoms with Gasteiger partial charge in [0, 0.05) is 26.4 Å². The number of rotatable bonds is 3. The van der Waals surface area contributed by atoms with Crippen LogP contribution >= 0.6 is 0 Å². The number of pyridine rings is 1. The maximum Gasteiger partial charge on any atom is 0.336 e. The summed E-state index contributed by atoms with van der Waals surface area (Å²) >= 11 is 0. The molecule has 0 atom stereocenters. The molecule has 1 N–H and O–H groups in total. The summed E-state index contributed by atoms with van der Waals surface area (Å²) in [6.07, 6.45) is 4.19. The summed E-state index contributed by atoms with van der Waals surface area (Å²) in [5, 5.41) is 2.14. The van der Waals surface area contributed by atoms with Crippen LogP contribution in [0.2, 0.25) is 0 Å². The number of hydrogen-bond donors (Lipinski definition) is 1. The Morgan fingerprint density at radius 3 is 2.62 bits per heavy atom. The van der Waals surface area contributed by atoms with Crippen LogP contribution in [0.4, 0.5) is 16.4 Å². The Morgan fingerprint density at radius 2 is 2.00 bits per heavy atom. The van der Waals surface area contributed by atoms with Crippen molar-refractivity contribution < 1.29 is 18.8 Å². The molecule has 2 aromatic heterocycles. The fourth-order valence-electron chi connectivity index (χ4n) is 2.18. The Morgan fingerprint density at radius 1 is 1.21 bits per heavy atom. The second-order valence-corrected chi connectivity index (χ2v) is 5.24. The van der Waals surface area contributed by atoms with Gasteiger partial charge in [0.1, 0.15) is 11.3 Å². The molecule has 1 aliphatic rings. The number of barbiturate groups is 1. The molecular formula is C16H14N4O4. The van der Waals surface area contributed by atoms with E-state index >= 15 is 0 Å². The summed E-state index contributed by atoms with van der Waals surface area (Å²) in [5.41, 5.74) is 0.0740. The summed E-state index contributed by atoms with van der Waals surface area (Å²) in [7, 11) is 3.61. The molecule has 4 amide bonds.